The van der Waals surface area contributed by atoms with Crippen LogP contribution in [0.25, 0.3) is 11.6 Å². The molecule has 3 nitrogen and oxygen atoms in total. The molecule has 0 aliphatic carbocycles. The second kappa shape index (κ2) is 6.58. The van der Waals surface area contributed by atoms with Gasteiger partial charge in [-0.1, -0.05) is 6.07 Å². The van der Waals surface area contributed by atoms with Crippen molar-refractivity contribution in [2.24, 2.45) is 0 Å². The number of benzene rings is 2. The first kappa shape index (κ1) is 14.6. The molecule has 0 spiro atoms. The molecule has 0 amide bonds. The maximum absolute atomic E-state index is 13.7. The Balaban J connectivity index is 2.36. The van der Waals surface area contributed by atoms with Crippen LogP contribution in [0.5, 0.6) is 11.5 Å². The van der Waals surface area contributed by atoms with E-state index in [-0.39, 0.29) is 5.75 Å². The minimum Gasteiger partial charge on any atom is -0.497 e. The quantitative estimate of drug-likeness (QED) is 0.631. The first-order valence-electron chi connectivity index (χ1n) is 6.27. The predicted octanol–water partition coefficient (Wildman–Crippen LogP) is 3.91. The van der Waals surface area contributed by atoms with Crippen LogP contribution >= 0.6 is 0 Å². The summed E-state index contributed by atoms with van der Waals surface area (Å²) in [4.78, 5) is 0. The molecule has 0 bridgehead atoms. The van der Waals surface area contributed by atoms with Gasteiger partial charge in [0.2, 0.25) is 0 Å². The van der Waals surface area contributed by atoms with Gasteiger partial charge in [0.1, 0.15) is 5.75 Å². The summed E-state index contributed by atoms with van der Waals surface area (Å²) in [7, 11) is 2.99. The molecule has 0 saturated carbocycles. The van der Waals surface area contributed by atoms with E-state index in [0.717, 1.165) is 5.56 Å². The lowest BCUT2D eigenvalue weighted by Gasteiger charge is -2.04. The van der Waals surface area contributed by atoms with Crippen LogP contribution in [0, 0.1) is 17.1 Å². The van der Waals surface area contributed by atoms with Gasteiger partial charge >= 0.3 is 0 Å². The van der Waals surface area contributed by atoms with Crippen LogP contribution in [-0.2, 0) is 0 Å². The number of methoxy groups -OCH3 is 2. The molecule has 0 heterocycles. The Hall–Kier alpha value is -2.80. The maximum Gasteiger partial charge on any atom is 0.165 e. The summed E-state index contributed by atoms with van der Waals surface area (Å²) in [6, 6.07) is 13.8. The third-order valence-electron chi connectivity index (χ3n) is 3.01. The van der Waals surface area contributed by atoms with Crippen LogP contribution in [-0.4, -0.2) is 14.2 Å². The van der Waals surface area contributed by atoms with E-state index in [2.05, 4.69) is 6.07 Å². The lowest BCUT2D eigenvalue weighted by atomic mass is 10.0. The van der Waals surface area contributed by atoms with Crippen molar-refractivity contribution in [1.82, 2.24) is 0 Å². The van der Waals surface area contributed by atoms with E-state index in [4.69, 9.17) is 9.47 Å². The summed E-state index contributed by atoms with van der Waals surface area (Å²) in [5.41, 5.74) is 1.79. The van der Waals surface area contributed by atoms with Crippen LogP contribution in [0.1, 0.15) is 11.1 Å². The van der Waals surface area contributed by atoms with Crippen molar-refractivity contribution in [3.05, 3.63) is 59.4 Å². The fourth-order valence-corrected chi connectivity index (χ4v) is 1.89. The summed E-state index contributed by atoms with van der Waals surface area (Å²) >= 11 is 0. The lowest BCUT2D eigenvalue weighted by Crippen LogP contribution is -1.89. The van der Waals surface area contributed by atoms with Gasteiger partial charge in [-0.2, -0.15) is 5.26 Å². The monoisotopic (exact) mass is 283 g/mol. The average molecular weight is 283 g/mol. The molecule has 0 aliphatic heterocycles. The van der Waals surface area contributed by atoms with Gasteiger partial charge in [-0.05, 0) is 53.6 Å². The van der Waals surface area contributed by atoms with Crippen molar-refractivity contribution in [2.75, 3.05) is 14.2 Å². The van der Waals surface area contributed by atoms with Crippen LogP contribution in [0.15, 0.2) is 42.5 Å². The van der Waals surface area contributed by atoms with Crippen molar-refractivity contribution in [1.29, 1.82) is 5.26 Å². The van der Waals surface area contributed by atoms with Gasteiger partial charge < -0.3 is 9.47 Å². The van der Waals surface area contributed by atoms with E-state index in [0.29, 0.717) is 16.9 Å². The summed E-state index contributed by atoms with van der Waals surface area (Å²) in [6.07, 6.45) is 1.63. The van der Waals surface area contributed by atoms with E-state index in [1.165, 1.54) is 19.2 Å². The van der Waals surface area contributed by atoms with E-state index in [1.54, 1.807) is 43.5 Å². The highest BCUT2D eigenvalue weighted by Gasteiger charge is 2.05. The molecule has 0 unspecified atom stereocenters. The first-order valence-corrected chi connectivity index (χ1v) is 6.27. The van der Waals surface area contributed by atoms with Crippen LogP contribution in [0.2, 0.25) is 0 Å². The zero-order valence-electron chi connectivity index (χ0n) is 11.8. The largest absolute Gasteiger partial charge is 0.497 e. The maximum atomic E-state index is 13.7. The van der Waals surface area contributed by atoms with E-state index >= 15 is 0 Å². The second-order valence-electron chi connectivity index (χ2n) is 4.29. The van der Waals surface area contributed by atoms with Gasteiger partial charge in [0, 0.05) is 0 Å². The molecular formula is C17H14FNO2. The van der Waals surface area contributed by atoms with Gasteiger partial charge in [0.15, 0.2) is 11.6 Å². The van der Waals surface area contributed by atoms with Gasteiger partial charge in [-0.15, -0.1) is 0 Å². The molecule has 0 aromatic heterocycles. The Morgan fingerprint density at radius 1 is 1.10 bits per heavy atom. The Bertz CT molecular complexity index is 700. The fourth-order valence-electron chi connectivity index (χ4n) is 1.89. The van der Waals surface area contributed by atoms with Crippen molar-refractivity contribution in [3.8, 4) is 17.6 Å². The highest BCUT2D eigenvalue weighted by atomic mass is 19.1. The Morgan fingerprint density at radius 3 is 2.33 bits per heavy atom. The summed E-state index contributed by atoms with van der Waals surface area (Å²) in [5.74, 6) is 0.430. The number of hydrogen-bond acceptors (Lipinski definition) is 3. The molecule has 2 aromatic rings. The van der Waals surface area contributed by atoms with Crippen molar-refractivity contribution in [3.63, 3.8) is 0 Å². The third-order valence-corrected chi connectivity index (χ3v) is 3.01. The molecule has 106 valence electrons. The summed E-state index contributed by atoms with van der Waals surface area (Å²) in [5, 5.41) is 9.27. The normalized spacial score (nSPS) is 10.9. The number of halogens is 1. The topological polar surface area (TPSA) is 42.2 Å². The van der Waals surface area contributed by atoms with E-state index in [1.807, 2.05) is 0 Å². The number of nitrogens with zero attached hydrogens (tertiary/aromatic N) is 1. The van der Waals surface area contributed by atoms with Crippen LogP contribution < -0.4 is 9.47 Å². The Labute approximate surface area is 122 Å². The minimum absolute atomic E-state index is 0.176. The smallest absolute Gasteiger partial charge is 0.165 e. The van der Waals surface area contributed by atoms with E-state index in [9.17, 15) is 9.65 Å². The molecule has 21 heavy (non-hydrogen) atoms. The Kier molecular flexibility index (Phi) is 4.57. The second-order valence-corrected chi connectivity index (χ2v) is 4.29. The van der Waals surface area contributed by atoms with Gasteiger partial charge in [-0.25, -0.2) is 4.39 Å². The molecular weight excluding hydrogens is 269 g/mol. The van der Waals surface area contributed by atoms with Gasteiger partial charge in [0.05, 0.1) is 25.9 Å². The summed E-state index contributed by atoms with van der Waals surface area (Å²) in [6.45, 7) is 0. The molecule has 0 saturated heterocycles. The van der Waals surface area contributed by atoms with E-state index < -0.39 is 5.82 Å². The zero-order valence-corrected chi connectivity index (χ0v) is 11.8. The molecule has 0 radical (unpaired) electrons. The van der Waals surface area contributed by atoms with Crippen molar-refractivity contribution < 1.29 is 13.9 Å². The standard InChI is InChI=1S/C17H14FNO2/c1-20-15-6-4-13(5-7-15)14(11-19)9-12-3-8-17(21-2)16(18)10-12/h3-10H,1-2H3. The average Bonchev–Trinajstić information content (AvgIpc) is 2.53. The summed E-state index contributed by atoms with van der Waals surface area (Å²) < 4.78 is 23.6. The van der Waals surface area contributed by atoms with Crippen molar-refractivity contribution >= 4 is 11.6 Å². The number of ether oxygens (including phenoxy) is 2. The minimum atomic E-state index is -0.460. The molecule has 2 aromatic carbocycles. The molecule has 0 atom stereocenters. The molecule has 0 fully saturated rings. The highest BCUT2D eigenvalue weighted by molar-refractivity contribution is 5.89. The van der Waals surface area contributed by atoms with Crippen LogP contribution in [0.4, 0.5) is 4.39 Å². The SMILES string of the molecule is COc1ccc(C(C#N)=Cc2ccc(OC)c(F)c2)cc1. The third kappa shape index (κ3) is 3.40. The van der Waals surface area contributed by atoms with Gasteiger partial charge in [0.25, 0.3) is 0 Å². The molecule has 0 aliphatic rings. The molecule has 2 rings (SSSR count). The Morgan fingerprint density at radius 2 is 1.81 bits per heavy atom. The van der Waals surface area contributed by atoms with Crippen LogP contribution in [0.3, 0.4) is 0 Å². The predicted molar refractivity (Wildman–Crippen MR) is 79.4 cm³/mol. The number of hydrogen-bond donors (Lipinski definition) is 0. The van der Waals surface area contributed by atoms with Gasteiger partial charge in [-0.3, -0.25) is 0 Å². The van der Waals surface area contributed by atoms with Crippen molar-refractivity contribution in [2.45, 2.75) is 0 Å². The highest BCUT2D eigenvalue weighted by Crippen LogP contribution is 2.23. The number of rotatable bonds is 4. The molecule has 4 heteroatoms. The number of allylic oxidation sites excluding steroid dienone is 1. The molecule has 0 N–H and O–H groups in total. The lowest BCUT2D eigenvalue weighted by molar-refractivity contribution is 0.386. The zero-order chi connectivity index (χ0) is 15.2. The fraction of sp³-hybridized carbons (Fsp3) is 0.118. The first-order chi connectivity index (χ1) is 10.2. The number of nitriles is 1.